The van der Waals surface area contributed by atoms with Gasteiger partial charge in [-0.25, -0.2) is 0 Å². The van der Waals surface area contributed by atoms with Crippen molar-refractivity contribution in [2.45, 2.75) is 302 Å². The van der Waals surface area contributed by atoms with Gasteiger partial charge in [-0.3, -0.25) is 14.4 Å². The minimum absolute atomic E-state index is 0.248. The molecular weight excluding hydrogens is 757 g/mol. The highest BCUT2D eigenvalue weighted by Crippen LogP contribution is 2.17. The van der Waals surface area contributed by atoms with Crippen molar-refractivity contribution in [3.8, 4) is 0 Å². The third-order valence-corrected chi connectivity index (χ3v) is 12.6. The smallest absolute Gasteiger partial charge is 0.164 e. The predicted octanol–water partition coefficient (Wildman–Crippen LogP) is 15.7. The van der Waals surface area contributed by atoms with Gasteiger partial charge in [0, 0.05) is 32.1 Å². The molecule has 0 saturated carbocycles. The Balaban J connectivity index is 3.32. The molecule has 0 fully saturated rings. The molecule has 2 atom stereocenters. The van der Waals surface area contributed by atoms with Gasteiger partial charge in [-0.1, -0.05) is 217 Å². The van der Waals surface area contributed by atoms with Crippen molar-refractivity contribution < 1.29 is 29.7 Å². The molecule has 0 radical (unpaired) electrons. The van der Waals surface area contributed by atoms with Gasteiger partial charge in [0.15, 0.2) is 5.78 Å². The summed E-state index contributed by atoms with van der Waals surface area (Å²) in [6.07, 6.45) is 58.0. The molecule has 358 valence electrons. The quantitative estimate of drug-likeness (QED) is 0.0415. The molecule has 0 saturated heterocycles. The number of rotatable bonds is 51. The summed E-state index contributed by atoms with van der Waals surface area (Å²) in [7, 11) is 0. The number of hydrogen-bond acceptors (Lipinski definition) is 6. The second kappa shape index (κ2) is 49.4. The Bertz CT molecular complexity index is 1000. The first kappa shape index (κ1) is 59.4. The van der Waals surface area contributed by atoms with Crippen LogP contribution in [0.3, 0.4) is 0 Å². The molecule has 3 N–H and O–H groups in total. The molecule has 0 aromatic heterocycles. The summed E-state index contributed by atoms with van der Waals surface area (Å²) in [5.41, 5.74) is 0. The molecule has 0 amide bonds. The molecule has 0 aromatic rings. The number of aliphatic hydroxyl groups is 3. The molecule has 6 heteroatoms. The van der Waals surface area contributed by atoms with Crippen molar-refractivity contribution in [2.75, 3.05) is 6.61 Å². The lowest BCUT2D eigenvalue weighted by molar-refractivity contribution is -0.134. The number of Topliss-reactive ketones (excluding diaryl/α,β-unsaturated/α-hetero) is 3. The van der Waals surface area contributed by atoms with E-state index >= 15 is 0 Å². The number of unbranched alkanes of at least 4 members (excludes halogenated alkanes) is 34. The van der Waals surface area contributed by atoms with Crippen LogP contribution < -0.4 is 0 Å². The third kappa shape index (κ3) is 46.2. The van der Waals surface area contributed by atoms with Crippen LogP contribution in [-0.4, -0.2) is 51.5 Å². The van der Waals surface area contributed by atoms with Crippen molar-refractivity contribution in [3.05, 3.63) is 24.3 Å². The second-order valence-electron chi connectivity index (χ2n) is 18.6. The normalized spacial score (nSPS) is 12.9. The molecule has 6 nitrogen and oxygen atoms in total. The van der Waals surface area contributed by atoms with Crippen LogP contribution in [0.5, 0.6) is 0 Å². The van der Waals surface area contributed by atoms with Crippen LogP contribution in [-0.2, 0) is 14.4 Å². The molecule has 0 aliphatic carbocycles. The molecule has 0 aliphatic rings. The highest BCUT2D eigenvalue weighted by molar-refractivity contribution is 5.83. The van der Waals surface area contributed by atoms with Crippen molar-refractivity contribution in [1.29, 1.82) is 0 Å². The second-order valence-corrected chi connectivity index (χ2v) is 18.6. The van der Waals surface area contributed by atoms with E-state index in [1.165, 1.54) is 161 Å². The van der Waals surface area contributed by atoms with Gasteiger partial charge in [-0.2, -0.15) is 0 Å². The maximum Gasteiger partial charge on any atom is 0.164 e. The summed E-state index contributed by atoms with van der Waals surface area (Å²) in [5.74, 6) is 0.566. The third-order valence-electron chi connectivity index (χ3n) is 12.6. The van der Waals surface area contributed by atoms with Gasteiger partial charge < -0.3 is 15.3 Å². The van der Waals surface area contributed by atoms with Gasteiger partial charge in [0.25, 0.3) is 0 Å². The van der Waals surface area contributed by atoms with Crippen LogP contribution in [0.15, 0.2) is 24.3 Å². The fourth-order valence-electron chi connectivity index (χ4n) is 8.35. The summed E-state index contributed by atoms with van der Waals surface area (Å²) < 4.78 is 0. The standard InChI is InChI=1S/C55H102O6/c1-2-3-4-5-6-7-8-15-20-25-30-35-40-45-51(57)46-41-36-31-26-21-16-11-9-12-17-22-27-32-37-42-47-52(58)48-43-38-33-28-23-18-13-10-14-19-24-29-34-39-44-49-53(59)55(61)54(60)50-56/h10,14,18,23,54-56,60-61H,2-9,11-13,15-17,19-22,24-50H2,1H3/b14-10-,23-18-. The first-order chi connectivity index (χ1) is 29.9. The van der Waals surface area contributed by atoms with E-state index in [4.69, 9.17) is 5.11 Å². The van der Waals surface area contributed by atoms with Crippen molar-refractivity contribution in [2.24, 2.45) is 0 Å². The van der Waals surface area contributed by atoms with Gasteiger partial charge in [-0.05, 0) is 64.2 Å². The van der Waals surface area contributed by atoms with E-state index in [0.29, 0.717) is 18.0 Å². The van der Waals surface area contributed by atoms with Crippen LogP contribution in [0, 0.1) is 0 Å². The molecule has 0 aromatic carbocycles. The highest BCUT2D eigenvalue weighted by atomic mass is 16.4. The number of hydrogen-bond donors (Lipinski definition) is 3. The van der Waals surface area contributed by atoms with Gasteiger partial charge in [0.2, 0.25) is 0 Å². The van der Waals surface area contributed by atoms with Crippen LogP contribution in [0.4, 0.5) is 0 Å². The molecule has 0 rings (SSSR count). The van der Waals surface area contributed by atoms with Gasteiger partial charge in [0.1, 0.15) is 23.8 Å². The fraction of sp³-hybridized carbons (Fsp3) is 0.873. The largest absolute Gasteiger partial charge is 0.394 e. The average Bonchev–Trinajstić information content (AvgIpc) is 3.26. The SMILES string of the molecule is CCCCCCCCCCCCCCCC(=O)CCCCCCCCCCCCCCCCCC(=O)CCCCC/C=C\C/C=C\CCCCCCCC(=O)C(O)C(O)CO. The molecule has 0 heterocycles. The maximum absolute atomic E-state index is 12.3. The van der Waals surface area contributed by atoms with E-state index in [1.54, 1.807) is 0 Å². The molecule has 2 unspecified atom stereocenters. The van der Waals surface area contributed by atoms with E-state index in [1.807, 2.05) is 0 Å². The zero-order valence-electron chi connectivity index (χ0n) is 40.4. The topological polar surface area (TPSA) is 112 Å². The van der Waals surface area contributed by atoms with E-state index in [2.05, 4.69) is 31.2 Å². The number of ketones is 3. The van der Waals surface area contributed by atoms with Gasteiger partial charge in [0.05, 0.1) is 6.61 Å². The zero-order chi connectivity index (χ0) is 44.5. The minimum Gasteiger partial charge on any atom is -0.394 e. The van der Waals surface area contributed by atoms with E-state index in [-0.39, 0.29) is 6.42 Å². The number of allylic oxidation sites excluding steroid dienone is 4. The lowest BCUT2D eigenvalue weighted by Gasteiger charge is -2.13. The Morgan fingerprint density at radius 3 is 0.934 bits per heavy atom. The monoisotopic (exact) mass is 859 g/mol. The molecule has 0 bridgehead atoms. The van der Waals surface area contributed by atoms with Crippen molar-refractivity contribution in [3.63, 3.8) is 0 Å². The summed E-state index contributed by atoms with van der Waals surface area (Å²) in [6.45, 7) is 1.68. The Kier molecular flexibility index (Phi) is 48.1. The highest BCUT2D eigenvalue weighted by Gasteiger charge is 2.22. The Morgan fingerprint density at radius 1 is 0.361 bits per heavy atom. The number of carbonyl (C=O) groups is 3. The molecule has 0 spiro atoms. The lowest BCUT2D eigenvalue weighted by atomic mass is 10.0. The zero-order valence-corrected chi connectivity index (χ0v) is 40.4. The number of carbonyl (C=O) groups excluding carboxylic acids is 3. The van der Waals surface area contributed by atoms with Crippen LogP contribution in [0.2, 0.25) is 0 Å². The van der Waals surface area contributed by atoms with E-state index in [9.17, 15) is 24.6 Å². The Labute approximate surface area is 378 Å². The van der Waals surface area contributed by atoms with Crippen molar-refractivity contribution in [1.82, 2.24) is 0 Å². The fourth-order valence-corrected chi connectivity index (χ4v) is 8.35. The van der Waals surface area contributed by atoms with Crippen LogP contribution >= 0.6 is 0 Å². The van der Waals surface area contributed by atoms with E-state index in [0.717, 1.165) is 109 Å². The predicted molar refractivity (Wildman–Crippen MR) is 261 cm³/mol. The van der Waals surface area contributed by atoms with Crippen LogP contribution in [0.25, 0.3) is 0 Å². The van der Waals surface area contributed by atoms with Crippen molar-refractivity contribution >= 4 is 17.3 Å². The minimum atomic E-state index is -1.47. The van der Waals surface area contributed by atoms with Gasteiger partial charge in [-0.15, -0.1) is 0 Å². The molecule has 61 heavy (non-hydrogen) atoms. The first-order valence-corrected chi connectivity index (χ1v) is 26.7. The van der Waals surface area contributed by atoms with E-state index < -0.39 is 24.6 Å². The summed E-state index contributed by atoms with van der Waals surface area (Å²) in [6, 6.07) is 0. The molecular formula is C55H102O6. The number of aliphatic hydroxyl groups excluding tert-OH is 3. The molecule has 0 aliphatic heterocycles. The van der Waals surface area contributed by atoms with Gasteiger partial charge >= 0.3 is 0 Å². The lowest BCUT2D eigenvalue weighted by Crippen LogP contribution is -2.36. The first-order valence-electron chi connectivity index (χ1n) is 26.7. The average molecular weight is 859 g/mol. The summed E-state index contributed by atoms with van der Waals surface area (Å²) >= 11 is 0. The van der Waals surface area contributed by atoms with Crippen LogP contribution in [0.1, 0.15) is 289 Å². The summed E-state index contributed by atoms with van der Waals surface area (Å²) in [5, 5.41) is 27.7. The Morgan fingerprint density at radius 2 is 0.623 bits per heavy atom. The maximum atomic E-state index is 12.3. The summed E-state index contributed by atoms with van der Waals surface area (Å²) in [4.78, 5) is 36.2. The Hall–Kier alpha value is -1.63.